The molecule has 0 spiro atoms. The highest BCUT2D eigenvalue weighted by Crippen LogP contribution is 2.24. The van der Waals surface area contributed by atoms with E-state index in [9.17, 15) is 8.42 Å². The monoisotopic (exact) mass is 297 g/mol. The second kappa shape index (κ2) is 5.68. The third-order valence-electron chi connectivity index (χ3n) is 2.67. The number of nitrogens with two attached hydrogens (primary N) is 1. The summed E-state index contributed by atoms with van der Waals surface area (Å²) < 4.78 is 26.1. The zero-order valence-corrected chi connectivity index (χ0v) is 12.1. The van der Waals surface area contributed by atoms with Crippen molar-refractivity contribution >= 4 is 27.0 Å². The number of likely N-dealkylation sites (N-methyl/N-ethyl adjacent to an activating group) is 1. The molecule has 0 aromatic carbocycles. The van der Waals surface area contributed by atoms with Crippen molar-refractivity contribution in [2.45, 2.75) is 10.6 Å². The van der Waals surface area contributed by atoms with E-state index in [0.29, 0.717) is 18.7 Å². The number of aromatic nitrogens is 1. The SMILES string of the molecule is CN(CCc1ccccn1)S(=O)(=O)c1cc(N)cs1. The van der Waals surface area contributed by atoms with Crippen molar-refractivity contribution in [2.75, 3.05) is 19.3 Å². The number of pyridine rings is 1. The van der Waals surface area contributed by atoms with Gasteiger partial charge in [-0.1, -0.05) is 6.07 Å². The van der Waals surface area contributed by atoms with Crippen LogP contribution in [0, 0.1) is 0 Å². The molecule has 0 bridgehead atoms. The molecule has 0 amide bonds. The van der Waals surface area contributed by atoms with Crippen LogP contribution in [0.15, 0.2) is 40.1 Å². The Morgan fingerprint density at radius 1 is 1.42 bits per heavy atom. The molecule has 2 N–H and O–H groups in total. The number of sulfonamides is 1. The molecular formula is C12H15N3O2S2. The Kier molecular flexibility index (Phi) is 4.18. The van der Waals surface area contributed by atoms with Crippen molar-refractivity contribution in [3.8, 4) is 0 Å². The molecule has 0 fully saturated rings. The molecule has 2 aromatic heterocycles. The van der Waals surface area contributed by atoms with Crippen LogP contribution >= 0.6 is 11.3 Å². The van der Waals surface area contributed by atoms with E-state index in [-0.39, 0.29) is 4.21 Å². The molecule has 0 saturated carbocycles. The van der Waals surface area contributed by atoms with Gasteiger partial charge in [0.15, 0.2) is 0 Å². The minimum Gasteiger partial charge on any atom is -0.398 e. The summed E-state index contributed by atoms with van der Waals surface area (Å²) in [7, 11) is -1.88. The molecule has 7 heteroatoms. The summed E-state index contributed by atoms with van der Waals surface area (Å²) in [4.78, 5) is 4.17. The number of thiophene rings is 1. The normalized spacial score (nSPS) is 11.9. The fourth-order valence-electron chi connectivity index (χ4n) is 1.56. The molecule has 0 aliphatic heterocycles. The van der Waals surface area contributed by atoms with Crippen LogP contribution in [-0.4, -0.2) is 31.3 Å². The van der Waals surface area contributed by atoms with E-state index >= 15 is 0 Å². The molecule has 0 aliphatic carbocycles. The molecule has 0 saturated heterocycles. The van der Waals surface area contributed by atoms with Gasteiger partial charge in [0, 0.05) is 43.0 Å². The number of hydrogen-bond acceptors (Lipinski definition) is 5. The smallest absolute Gasteiger partial charge is 0.252 e. The fourth-order valence-corrected chi connectivity index (χ4v) is 4.02. The molecule has 0 radical (unpaired) electrons. The maximum atomic E-state index is 12.2. The van der Waals surface area contributed by atoms with Crippen LogP contribution in [0.4, 0.5) is 5.69 Å². The summed E-state index contributed by atoms with van der Waals surface area (Å²) in [5.74, 6) is 0. The molecule has 0 atom stereocenters. The lowest BCUT2D eigenvalue weighted by Gasteiger charge is -2.15. The van der Waals surface area contributed by atoms with Crippen molar-refractivity contribution in [3.05, 3.63) is 41.5 Å². The quantitative estimate of drug-likeness (QED) is 0.909. The Bertz CT molecular complexity index is 638. The lowest BCUT2D eigenvalue weighted by atomic mass is 10.3. The highest BCUT2D eigenvalue weighted by Gasteiger charge is 2.22. The lowest BCUT2D eigenvalue weighted by Crippen LogP contribution is -2.28. The Labute approximate surface area is 116 Å². The van der Waals surface area contributed by atoms with Crippen LogP contribution in [-0.2, 0) is 16.4 Å². The van der Waals surface area contributed by atoms with Crippen molar-refractivity contribution < 1.29 is 8.42 Å². The fraction of sp³-hybridized carbons (Fsp3) is 0.250. The Morgan fingerprint density at radius 3 is 2.79 bits per heavy atom. The van der Waals surface area contributed by atoms with E-state index in [1.165, 1.54) is 10.4 Å². The summed E-state index contributed by atoms with van der Waals surface area (Å²) >= 11 is 1.14. The Hall–Kier alpha value is -1.44. The van der Waals surface area contributed by atoms with Gasteiger partial charge in [-0.15, -0.1) is 11.3 Å². The highest BCUT2D eigenvalue weighted by molar-refractivity contribution is 7.91. The van der Waals surface area contributed by atoms with Crippen molar-refractivity contribution in [1.29, 1.82) is 0 Å². The molecule has 2 aromatic rings. The van der Waals surface area contributed by atoms with Crippen LogP contribution in [0.3, 0.4) is 0 Å². The number of anilines is 1. The minimum absolute atomic E-state index is 0.272. The van der Waals surface area contributed by atoms with Crippen LogP contribution < -0.4 is 5.73 Å². The molecule has 102 valence electrons. The topological polar surface area (TPSA) is 76.3 Å². The van der Waals surface area contributed by atoms with E-state index in [0.717, 1.165) is 17.0 Å². The van der Waals surface area contributed by atoms with Gasteiger partial charge in [-0.3, -0.25) is 4.98 Å². The molecule has 19 heavy (non-hydrogen) atoms. The first-order valence-electron chi connectivity index (χ1n) is 5.70. The van der Waals surface area contributed by atoms with Gasteiger partial charge >= 0.3 is 0 Å². The summed E-state index contributed by atoms with van der Waals surface area (Å²) in [5.41, 5.74) is 6.90. The van der Waals surface area contributed by atoms with Crippen LogP contribution in [0.2, 0.25) is 0 Å². The Balaban J connectivity index is 2.05. The van der Waals surface area contributed by atoms with E-state index in [2.05, 4.69) is 4.98 Å². The molecule has 2 heterocycles. The molecular weight excluding hydrogens is 282 g/mol. The number of nitrogens with zero attached hydrogens (tertiary/aromatic N) is 2. The van der Waals surface area contributed by atoms with Gasteiger partial charge in [0.1, 0.15) is 4.21 Å². The maximum absolute atomic E-state index is 12.2. The van der Waals surface area contributed by atoms with Crippen molar-refractivity contribution in [1.82, 2.24) is 9.29 Å². The standard InChI is InChI=1S/C12H15N3O2S2/c1-15(7-5-11-4-2-3-6-14-11)19(16,17)12-8-10(13)9-18-12/h2-4,6,8-9H,5,7,13H2,1H3. The van der Waals surface area contributed by atoms with Gasteiger partial charge in [-0.2, -0.15) is 4.31 Å². The van der Waals surface area contributed by atoms with E-state index < -0.39 is 10.0 Å². The van der Waals surface area contributed by atoms with Gasteiger partial charge in [0.25, 0.3) is 10.0 Å². The lowest BCUT2D eigenvalue weighted by molar-refractivity contribution is 0.472. The predicted molar refractivity (Wildman–Crippen MR) is 76.5 cm³/mol. The second-order valence-electron chi connectivity index (χ2n) is 4.10. The average Bonchev–Trinajstić information content (AvgIpc) is 2.84. The third-order valence-corrected chi connectivity index (χ3v) is 5.96. The first-order valence-corrected chi connectivity index (χ1v) is 8.02. The zero-order valence-electron chi connectivity index (χ0n) is 10.5. The third kappa shape index (κ3) is 3.31. The summed E-state index contributed by atoms with van der Waals surface area (Å²) in [6.45, 7) is 0.386. The second-order valence-corrected chi connectivity index (χ2v) is 7.28. The van der Waals surface area contributed by atoms with Crippen molar-refractivity contribution in [3.63, 3.8) is 0 Å². The highest BCUT2D eigenvalue weighted by atomic mass is 32.2. The summed E-state index contributed by atoms with van der Waals surface area (Å²) in [6.07, 6.45) is 2.28. The summed E-state index contributed by atoms with van der Waals surface area (Å²) in [5, 5.41) is 1.62. The minimum atomic E-state index is -3.44. The zero-order chi connectivity index (χ0) is 13.9. The van der Waals surface area contributed by atoms with Gasteiger partial charge in [0.2, 0.25) is 0 Å². The molecule has 2 rings (SSSR count). The van der Waals surface area contributed by atoms with Gasteiger partial charge < -0.3 is 5.73 Å². The molecule has 0 aliphatic rings. The van der Waals surface area contributed by atoms with Crippen LogP contribution in [0.1, 0.15) is 5.69 Å². The number of rotatable bonds is 5. The van der Waals surface area contributed by atoms with Crippen LogP contribution in [0.25, 0.3) is 0 Å². The average molecular weight is 297 g/mol. The van der Waals surface area contributed by atoms with Gasteiger partial charge in [-0.05, 0) is 18.2 Å². The molecule has 5 nitrogen and oxygen atoms in total. The van der Waals surface area contributed by atoms with E-state index in [1.807, 2.05) is 18.2 Å². The number of nitrogen functional groups attached to an aromatic ring is 1. The molecule has 0 unspecified atom stereocenters. The predicted octanol–water partition coefficient (Wildman–Crippen LogP) is 1.59. The largest absolute Gasteiger partial charge is 0.398 e. The first-order chi connectivity index (χ1) is 9.00. The van der Waals surface area contributed by atoms with Gasteiger partial charge in [0.05, 0.1) is 0 Å². The number of hydrogen-bond donors (Lipinski definition) is 1. The van der Waals surface area contributed by atoms with Crippen LogP contribution in [0.5, 0.6) is 0 Å². The maximum Gasteiger partial charge on any atom is 0.252 e. The Morgan fingerprint density at radius 2 is 2.21 bits per heavy atom. The van der Waals surface area contributed by atoms with Crippen molar-refractivity contribution in [2.24, 2.45) is 0 Å². The van der Waals surface area contributed by atoms with E-state index in [4.69, 9.17) is 5.73 Å². The summed E-state index contributed by atoms with van der Waals surface area (Å²) in [6, 6.07) is 7.08. The van der Waals surface area contributed by atoms with Gasteiger partial charge in [-0.25, -0.2) is 8.42 Å². The first kappa shape index (κ1) is 14.0. The van der Waals surface area contributed by atoms with E-state index in [1.54, 1.807) is 18.6 Å².